The second-order valence-electron chi connectivity index (χ2n) is 4.01. The van der Waals surface area contributed by atoms with E-state index in [0.717, 1.165) is 46.3 Å². The summed E-state index contributed by atoms with van der Waals surface area (Å²) in [5.41, 5.74) is 1.09. The van der Waals surface area contributed by atoms with Crippen LogP contribution in [0.5, 0.6) is 0 Å². The van der Waals surface area contributed by atoms with Crippen molar-refractivity contribution in [1.29, 1.82) is 0 Å². The number of halogens is 2. The molecular weight excluding hydrogens is 302 g/mol. The maximum atomic E-state index is 5.90. The molecule has 0 aliphatic carbocycles. The van der Waals surface area contributed by atoms with E-state index in [1.807, 2.05) is 24.3 Å². The molecule has 0 bridgehead atoms. The summed E-state index contributed by atoms with van der Waals surface area (Å²) in [5.74, 6) is 2.05. The number of nitrogens with zero attached hydrogens (tertiary/aromatic N) is 2. The van der Waals surface area contributed by atoms with E-state index in [-0.39, 0.29) is 0 Å². The SMILES string of the molecule is Clc1ccc(-c2nc(Br)c3n2CCCN3)cc1. The molecule has 1 N–H and O–H groups in total. The maximum Gasteiger partial charge on any atom is 0.149 e. The van der Waals surface area contributed by atoms with Crippen LogP contribution >= 0.6 is 27.5 Å². The smallest absolute Gasteiger partial charge is 0.149 e. The molecule has 2 aromatic rings. The summed E-state index contributed by atoms with van der Waals surface area (Å²) in [6.07, 6.45) is 1.12. The molecule has 0 fully saturated rings. The van der Waals surface area contributed by atoms with E-state index in [0.29, 0.717) is 0 Å². The van der Waals surface area contributed by atoms with Gasteiger partial charge in [0.05, 0.1) is 0 Å². The van der Waals surface area contributed by atoms with Crippen LogP contribution in [0.15, 0.2) is 28.9 Å². The normalized spacial score (nSPS) is 14.2. The molecule has 5 heteroatoms. The summed E-state index contributed by atoms with van der Waals surface area (Å²) in [7, 11) is 0. The predicted octanol–water partition coefficient (Wildman–Crippen LogP) is 3.78. The fraction of sp³-hybridized carbons (Fsp3) is 0.250. The Morgan fingerprint density at radius 1 is 1.29 bits per heavy atom. The van der Waals surface area contributed by atoms with E-state index in [1.54, 1.807) is 0 Å². The van der Waals surface area contributed by atoms with Gasteiger partial charge in [-0.05, 0) is 46.6 Å². The molecule has 0 spiro atoms. The lowest BCUT2D eigenvalue weighted by Crippen LogP contribution is -2.17. The Bertz CT molecular complexity index is 548. The third-order valence-electron chi connectivity index (χ3n) is 2.88. The predicted molar refractivity (Wildman–Crippen MR) is 73.5 cm³/mol. The van der Waals surface area contributed by atoms with Gasteiger partial charge in [-0.25, -0.2) is 4.98 Å². The first-order chi connectivity index (χ1) is 8.25. The lowest BCUT2D eigenvalue weighted by atomic mass is 10.2. The van der Waals surface area contributed by atoms with Crippen LogP contribution in [0.3, 0.4) is 0 Å². The number of imidazole rings is 1. The minimum Gasteiger partial charge on any atom is -0.369 e. The van der Waals surface area contributed by atoms with Crippen molar-refractivity contribution in [3.8, 4) is 11.4 Å². The van der Waals surface area contributed by atoms with Gasteiger partial charge < -0.3 is 9.88 Å². The van der Waals surface area contributed by atoms with Crippen molar-refractivity contribution in [2.45, 2.75) is 13.0 Å². The van der Waals surface area contributed by atoms with Crippen molar-refractivity contribution in [2.75, 3.05) is 11.9 Å². The summed E-state index contributed by atoms with van der Waals surface area (Å²) < 4.78 is 3.08. The molecule has 0 saturated heterocycles. The van der Waals surface area contributed by atoms with Gasteiger partial charge in [0.1, 0.15) is 16.2 Å². The van der Waals surface area contributed by atoms with Crippen LogP contribution in [0, 0.1) is 0 Å². The average Bonchev–Trinajstić information content (AvgIpc) is 2.69. The minimum atomic E-state index is 0.747. The van der Waals surface area contributed by atoms with E-state index in [4.69, 9.17) is 11.6 Å². The fourth-order valence-electron chi connectivity index (χ4n) is 2.07. The zero-order valence-corrected chi connectivity index (χ0v) is 11.4. The van der Waals surface area contributed by atoms with Gasteiger partial charge in [-0.2, -0.15) is 0 Å². The number of anilines is 1. The first kappa shape index (κ1) is 11.1. The van der Waals surface area contributed by atoms with Gasteiger partial charge in [0.2, 0.25) is 0 Å². The Balaban J connectivity index is 2.11. The van der Waals surface area contributed by atoms with Gasteiger partial charge in [0.25, 0.3) is 0 Å². The van der Waals surface area contributed by atoms with Crippen molar-refractivity contribution in [3.05, 3.63) is 33.9 Å². The Labute approximate surface area is 113 Å². The number of aromatic nitrogens is 2. The molecule has 3 rings (SSSR count). The molecule has 0 saturated carbocycles. The molecule has 1 aliphatic heterocycles. The van der Waals surface area contributed by atoms with Gasteiger partial charge in [-0.3, -0.25) is 0 Å². The second kappa shape index (κ2) is 4.35. The maximum absolute atomic E-state index is 5.90. The van der Waals surface area contributed by atoms with E-state index < -0.39 is 0 Å². The Hall–Kier alpha value is -1.00. The zero-order valence-electron chi connectivity index (χ0n) is 9.08. The molecular formula is C12H11BrClN3. The van der Waals surface area contributed by atoms with Gasteiger partial charge in [0.15, 0.2) is 0 Å². The first-order valence-corrected chi connectivity index (χ1v) is 6.68. The van der Waals surface area contributed by atoms with Crippen LogP contribution in [0.2, 0.25) is 5.02 Å². The molecule has 1 aromatic carbocycles. The first-order valence-electron chi connectivity index (χ1n) is 5.51. The van der Waals surface area contributed by atoms with E-state index in [1.165, 1.54) is 0 Å². The molecule has 0 amide bonds. The zero-order chi connectivity index (χ0) is 11.8. The topological polar surface area (TPSA) is 29.9 Å². The van der Waals surface area contributed by atoms with E-state index in [9.17, 15) is 0 Å². The molecule has 1 aromatic heterocycles. The quantitative estimate of drug-likeness (QED) is 0.868. The molecule has 0 atom stereocenters. The average molecular weight is 313 g/mol. The number of hydrogen-bond donors (Lipinski definition) is 1. The van der Waals surface area contributed by atoms with Crippen molar-refractivity contribution < 1.29 is 0 Å². The lowest BCUT2D eigenvalue weighted by Gasteiger charge is -2.18. The summed E-state index contributed by atoms with van der Waals surface area (Å²) in [6.45, 7) is 2.00. The third-order valence-corrected chi connectivity index (χ3v) is 3.68. The molecule has 88 valence electrons. The van der Waals surface area contributed by atoms with Crippen molar-refractivity contribution in [1.82, 2.24) is 9.55 Å². The van der Waals surface area contributed by atoms with Gasteiger partial charge >= 0.3 is 0 Å². The standard InChI is InChI=1S/C12H11BrClN3/c13-10-12-15-6-1-7-17(12)11(16-10)8-2-4-9(14)5-3-8/h2-5,15H,1,6-7H2. The number of hydrogen-bond acceptors (Lipinski definition) is 2. The molecule has 2 heterocycles. The van der Waals surface area contributed by atoms with Crippen molar-refractivity contribution in [3.63, 3.8) is 0 Å². The summed E-state index contributed by atoms with van der Waals surface area (Å²) in [4.78, 5) is 4.57. The Morgan fingerprint density at radius 2 is 2.06 bits per heavy atom. The summed E-state index contributed by atoms with van der Waals surface area (Å²) >= 11 is 9.39. The highest BCUT2D eigenvalue weighted by Crippen LogP contribution is 2.32. The highest BCUT2D eigenvalue weighted by molar-refractivity contribution is 9.10. The summed E-state index contributed by atoms with van der Waals surface area (Å²) in [5, 5.41) is 4.11. The molecule has 0 unspecified atom stereocenters. The third kappa shape index (κ3) is 1.96. The highest BCUT2D eigenvalue weighted by Gasteiger charge is 2.18. The van der Waals surface area contributed by atoms with Crippen LogP contribution in [0.25, 0.3) is 11.4 Å². The fourth-order valence-corrected chi connectivity index (χ4v) is 2.72. The Kier molecular flexibility index (Phi) is 2.84. The van der Waals surface area contributed by atoms with Crippen LogP contribution in [-0.2, 0) is 6.54 Å². The Morgan fingerprint density at radius 3 is 2.82 bits per heavy atom. The van der Waals surface area contributed by atoms with Crippen LogP contribution in [0.1, 0.15) is 6.42 Å². The van der Waals surface area contributed by atoms with Crippen LogP contribution < -0.4 is 5.32 Å². The van der Waals surface area contributed by atoms with E-state index >= 15 is 0 Å². The number of nitrogens with one attached hydrogen (secondary N) is 1. The summed E-state index contributed by atoms with van der Waals surface area (Å²) in [6, 6.07) is 7.78. The monoisotopic (exact) mass is 311 g/mol. The molecule has 0 radical (unpaired) electrons. The van der Waals surface area contributed by atoms with Crippen molar-refractivity contribution in [2.24, 2.45) is 0 Å². The largest absolute Gasteiger partial charge is 0.369 e. The molecule has 3 nitrogen and oxygen atoms in total. The molecule has 17 heavy (non-hydrogen) atoms. The van der Waals surface area contributed by atoms with Gasteiger partial charge in [0, 0.05) is 23.7 Å². The highest BCUT2D eigenvalue weighted by atomic mass is 79.9. The van der Waals surface area contributed by atoms with Gasteiger partial charge in [-0.1, -0.05) is 11.6 Å². The number of rotatable bonds is 1. The van der Waals surface area contributed by atoms with Crippen LogP contribution in [-0.4, -0.2) is 16.1 Å². The number of fused-ring (bicyclic) bond motifs is 1. The minimum absolute atomic E-state index is 0.747. The van der Waals surface area contributed by atoms with Crippen molar-refractivity contribution >= 4 is 33.3 Å². The molecule has 1 aliphatic rings. The second-order valence-corrected chi connectivity index (χ2v) is 5.20. The number of benzene rings is 1. The van der Waals surface area contributed by atoms with E-state index in [2.05, 4.69) is 30.8 Å². The van der Waals surface area contributed by atoms with Crippen LogP contribution in [0.4, 0.5) is 5.82 Å². The van der Waals surface area contributed by atoms with Gasteiger partial charge in [-0.15, -0.1) is 0 Å². The lowest BCUT2D eigenvalue weighted by molar-refractivity contribution is 0.635.